The third-order valence-electron chi connectivity index (χ3n) is 7.67. The van der Waals surface area contributed by atoms with Crippen LogP contribution in [-0.2, 0) is 16.1 Å². The van der Waals surface area contributed by atoms with Gasteiger partial charge in [0.2, 0.25) is 5.91 Å². The van der Waals surface area contributed by atoms with Crippen LogP contribution in [-0.4, -0.2) is 67.1 Å². The molecule has 2 amide bonds. The molecule has 1 aliphatic carbocycles. The van der Waals surface area contributed by atoms with E-state index in [4.69, 9.17) is 9.47 Å². The Morgan fingerprint density at radius 2 is 1.86 bits per heavy atom. The summed E-state index contributed by atoms with van der Waals surface area (Å²) in [6, 6.07) is 15.0. The first-order chi connectivity index (χ1) is 17.1. The summed E-state index contributed by atoms with van der Waals surface area (Å²) in [5, 5.41) is 3.13. The van der Waals surface area contributed by atoms with Gasteiger partial charge in [0.1, 0.15) is 11.8 Å². The van der Waals surface area contributed by atoms with Crippen molar-refractivity contribution < 1.29 is 19.1 Å². The van der Waals surface area contributed by atoms with Crippen LogP contribution < -0.4 is 10.1 Å². The number of carbonyl (C=O) groups is 2. The van der Waals surface area contributed by atoms with Gasteiger partial charge in [-0.15, -0.1) is 0 Å². The highest BCUT2D eigenvalue weighted by Gasteiger charge is 2.48. The van der Waals surface area contributed by atoms with Crippen molar-refractivity contribution in [3.8, 4) is 5.75 Å². The average Bonchev–Trinajstić information content (AvgIpc) is 3.29. The fourth-order valence-corrected chi connectivity index (χ4v) is 5.94. The zero-order valence-electron chi connectivity index (χ0n) is 20.4. The van der Waals surface area contributed by atoms with Gasteiger partial charge in [0.05, 0.1) is 25.9 Å². The third kappa shape index (κ3) is 5.21. The highest BCUT2D eigenvalue weighted by atomic mass is 16.5. The Kier molecular flexibility index (Phi) is 7.35. The number of para-hydroxylation sites is 1. The van der Waals surface area contributed by atoms with Crippen molar-refractivity contribution in [3.05, 3.63) is 59.7 Å². The standard InChI is InChI=1S/C28H35N3O4/c1-34-26-12-5-3-10-23(26)28(33)31-24-11-4-2-8-21(24)18-25(31)27(32)29-22-9-6-7-20(17-22)19-30-13-15-35-16-14-30/h3,5-7,9-10,12,17,21,24-25H,2,4,8,11,13-16,18-19H2,1H3,(H,29,32). The molecule has 0 radical (unpaired) electrons. The van der Waals surface area contributed by atoms with Crippen LogP contribution in [0.25, 0.3) is 0 Å². The number of benzene rings is 2. The number of nitrogens with one attached hydrogen (secondary N) is 1. The largest absolute Gasteiger partial charge is 0.496 e. The number of morpholine rings is 1. The lowest BCUT2D eigenvalue weighted by Gasteiger charge is -2.34. The van der Waals surface area contributed by atoms with Gasteiger partial charge in [-0.3, -0.25) is 14.5 Å². The molecule has 0 spiro atoms. The van der Waals surface area contributed by atoms with Crippen molar-refractivity contribution in [2.75, 3.05) is 38.7 Å². The molecule has 7 nitrogen and oxygen atoms in total. The first kappa shape index (κ1) is 23.8. The Morgan fingerprint density at radius 1 is 1.06 bits per heavy atom. The topological polar surface area (TPSA) is 71.1 Å². The Bertz CT molecular complexity index is 1050. The number of hydrogen-bond donors (Lipinski definition) is 1. The number of methoxy groups -OCH3 is 1. The lowest BCUT2D eigenvalue weighted by Crippen LogP contribution is -2.48. The minimum absolute atomic E-state index is 0.101. The Balaban J connectivity index is 1.35. The molecule has 1 N–H and O–H groups in total. The highest BCUT2D eigenvalue weighted by molar-refractivity contribution is 6.03. The van der Waals surface area contributed by atoms with E-state index in [-0.39, 0.29) is 17.9 Å². The van der Waals surface area contributed by atoms with Gasteiger partial charge in [-0.2, -0.15) is 0 Å². The van der Waals surface area contributed by atoms with Gasteiger partial charge < -0.3 is 19.7 Å². The van der Waals surface area contributed by atoms with E-state index in [0.29, 0.717) is 23.7 Å². The van der Waals surface area contributed by atoms with Gasteiger partial charge in [-0.1, -0.05) is 37.1 Å². The van der Waals surface area contributed by atoms with E-state index in [9.17, 15) is 9.59 Å². The number of rotatable bonds is 6. The molecule has 2 aliphatic heterocycles. The van der Waals surface area contributed by atoms with Crippen LogP contribution in [0, 0.1) is 5.92 Å². The number of fused-ring (bicyclic) bond motifs is 1. The number of carbonyl (C=O) groups excluding carboxylic acids is 2. The molecular weight excluding hydrogens is 442 g/mol. The van der Waals surface area contributed by atoms with Gasteiger partial charge in [0.25, 0.3) is 5.91 Å². The molecule has 2 aromatic carbocycles. The van der Waals surface area contributed by atoms with Gasteiger partial charge in [0.15, 0.2) is 0 Å². The summed E-state index contributed by atoms with van der Waals surface area (Å²) in [6.07, 6.45) is 4.99. The lowest BCUT2D eigenvalue weighted by molar-refractivity contribution is -0.120. The molecule has 3 atom stereocenters. The normalized spacial score (nSPS) is 24.6. The number of nitrogens with zero attached hydrogens (tertiary/aromatic N) is 2. The molecule has 5 rings (SSSR count). The van der Waals surface area contributed by atoms with Crippen LogP contribution in [0.5, 0.6) is 5.75 Å². The van der Waals surface area contributed by atoms with Crippen LogP contribution in [0.1, 0.15) is 48.0 Å². The van der Waals surface area contributed by atoms with Crippen molar-refractivity contribution in [2.24, 2.45) is 5.92 Å². The molecule has 2 aromatic rings. The molecule has 3 aliphatic rings. The summed E-state index contributed by atoms with van der Waals surface area (Å²) in [4.78, 5) is 31.6. The summed E-state index contributed by atoms with van der Waals surface area (Å²) in [5.41, 5.74) is 2.46. The summed E-state index contributed by atoms with van der Waals surface area (Å²) in [5.74, 6) is 0.696. The number of ether oxygens (including phenoxy) is 2. The SMILES string of the molecule is COc1ccccc1C(=O)N1C(C(=O)Nc2cccc(CN3CCOCC3)c2)CC2CCCCC21. The minimum atomic E-state index is -0.483. The fraction of sp³-hybridized carbons (Fsp3) is 0.500. The predicted molar refractivity (Wildman–Crippen MR) is 134 cm³/mol. The molecule has 7 heteroatoms. The molecule has 2 saturated heterocycles. The van der Waals surface area contributed by atoms with E-state index < -0.39 is 6.04 Å². The maximum atomic E-state index is 13.8. The van der Waals surface area contributed by atoms with Crippen LogP contribution in [0.2, 0.25) is 0 Å². The molecule has 2 heterocycles. The quantitative estimate of drug-likeness (QED) is 0.683. The summed E-state index contributed by atoms with van der Waals surface area (Å²) < 4.78 is 10.9. The van der Waals surface area contributed by atoms with E-state index in [1.165, 1.54) is 0 Å². The van der Waals surface area contributed by atoms with E-state index in [1.807, 2.05) is 35.2 Å². The highest BCUT2D eigenvalue weighted by Crippen LogP contribution is 2.41. The van der Waals surface area contributed by atoms with Crippen molar-refractivity contribution in [1.29, 1.82) is 0 Å². The molecule has 186 valence electrons. The zero-order valence-corrected chi connectivity index (χ0v) is 20.4. The van der Waals surface area contributed by atoms with E-state index in [0.717, 1.165) is 69.8 Å². The summed E-state index contributed by atoms with van der Waals surface area (Å²) >= 11 is 0. The van der Waals surface area contributed by atoms with Crippen LogP contribution in [0.15, 0.2) is 48.5 Å². The molecule has 35 heavy (non-hydrogen) atoms. The maximum absolute atomic E-state index is 13.8. The lowest BCUT2D eigenvalue weighted by atomic mass is 9.84. The molecule has 3 fully saturated rings. The van der Waals surface area contributed by atoms with Gasteiger partial charge in [-0.25, -0.2) is 0 Å². The second kappa shape index (κ2) is 10.8. The monoisotopic (exact) mass is 477 g/mol. The van der Waals surface area contributed by atoms with Crippen LogP contribution >= 0.6 is 0 Å². The number of hydrogen-bond acceptors (Lipinski definition) is 5. The molecule has 3 unspecified atom stereocenters. The Morgan fingerprint density at radius 3 is 2.69 bits per heavy atom. The van der Waals surface area contributed by atoms with E-state index in [1.54, 1.807) is 19.2 Å². The number of anilines is 1. The van der Waals surface area contributed by atoms with Gasteiger partial charge in [0, 0.05) is 31.4 Å². The van der Waals surface area contributed by atoms with E-state index in [2.05, 4.69) is 16.3 Å². The van der Waals surface area contributed by atoms with Crippen LogP contribution in [0.3, 0.4) is 0 Å². The smallest absolute Gasteiger partial charge is 0.258 e. The van der Waals surface area contributed by atoms with Crippen LogP contribution in [0.4, 0.5) is 5.69 Å². The van der Waals surface area contributed by atoms with Crippen molar-refractivity contribution in [3.63, 3.8) is 0 Å². The summed E-state index contributed by atoms with van der Waals surface area (Å²) in [7, 11) is 1.58. The predicted octanol–water partition coefficient (Wildman–Crippen LogP) is 3.94. The second-order valence-electron chi connectivity index (χ2n) is 9.85. The average molecular weight is 478 g/mol. The minimum Gasteiger partial charge on any atom is -0.496 e. The van der Waals surface area contributed by atoms with E-state index >= 15 is 0 Å². The number of amides is 2. The zero-order chi connectivity index (χ0) is 24.2. The molecule has 0 bridgehead atoms. The first-order valence-electron chi connectivity index (χ1n) is 12.8. The fourth-order valence-electron chi connectivity index (χ4n) is 5.94. The molecule has 1 saturated carbocycles. The van der Waals surface area contributed by atoms with Crippen molar-refractivity contribution in [2.45, 2.75) is 50.7 Å². The maximum Gasteiger partial charge on any atom is 0.258 e. The summed E-state index contributed by atoms with van der Waals surface area (Å²) in [6.45, 7) is 4.19. The third-order valence-corrected chi connectivity index (χ3v) is 7.67. The van der Waals surface area contributed by atoms with Crippen molar-refractivity contribution in [1.82, 2.24) is 9.80 Å². The number of likely N-dealkylation sites (tertiary alicyclic amines) is 1. The van der Waals surface area contributed by atoms with Gasteiger partial charge in [-0.05, 0) is 55.0 Å². The first-order valence-corrected chi connectivity index (χ1v) is 12.8. The Hall–Kier alpha value is -2.90. The van der Waals surface area contributed by atoms with Gasteiger partial charge >= 0.3 is 0 Å². The molecular formula is C28H35N3O4. The van der Waals surface area contributed by atoms with Crippen molar-refractivity contribution >= 4 is 17.5 Å². The second-order valence-corrected chi connectivity index (χ2v) is 9.85. The Labute approximate surface area is 207 Å². The molecule has 0 aromatic heterocycles.